The third-order valence-electron chi connectivity index (χ3n) is 4.24. The molecule has 1 unspecified atom stereocenters. The molecule has 3 rings (SSSR count). The lowest BCUT2D eigenvalue weighted by Crippen LogP contribution is -2.40. The van der Waals surface area contributed by atoms with E-state index in [0.29, 0.717) is 16.3 Å². The van der Waals surface area contributed by atoms with Crippen molar-refractivity contribution in [2.24, 2.45) is 0 Å². The maximum atomic E-state index is 13.4. The first kappa shape index (κ1) is 18.8. The van der Waals surface area contributed by atoms with Crippen molar-refractivity contribution in [2.45, 2.75) is 12.3 Å². The maximum Gasteiger partial charge on any atom is 0.243 e. The lowest BCUT2D eigenvalue weighted by Gasteiger charge is -2.28. The van der Waals surface area contributed by atoms with Crippen molar-refractivity contribution in [3.8, 4) is 0 Å². The molecule has 1 aliphatic rings. The zero-order chi connectivity index (χ0) is 19.6. The molecule has 0 saturated heterocycles. The van der Waals surface area contributed by atoms with Crippen LogP contribution in [0.2, 0.25) is 5.02 Å². The fourth-order valence-corrected chi connectivity index (χ4v) is 3.08. The second-order valence-corrected chi connectivity index (χ2v) is 6.72. The number of nitrogens with zero attached hydrogens (tertiary/aromatic N) is 1. The minimum atomic E-state index is -0.761. The minimum absolute atomic E-state index is 0.0550. The highest BCUT2D eigenvalue weighted by Crippen LogP contribution is 2.33. The van der Waals surface area contributed by atoms with E-state index in [-0.39, 0.29) is 36.4 Å². The SMILES string of the molecule is CN(CC(=O)Nc1ccc(Cl)cc1)C(=O)C1CC(=O)Nc2cc(F)ccc21. The van der Waals surface area contributed by atoms with Crippen LogP contribution in [0.25, 0.3) is 0 Å². The van der Waals surface area contributed by atoms with Gasteiger partial charge < -0.3 is 15.5 Å². The van der Waals surface area contributed by atoms with Crippen molar-refractivity contribution >= 4 is 40.7 Å². The van der Waals surface area contributed by atoms with Crippen molar-refractivity contribution < 1.29 is 18.8 Å². The Morgan fingerprint density at radius 2 is 1.96 bits per heavy atom. The molecule has 0 bridgehead atoms. The Morgan fingerprint density at radius 3 is 2.67 bits per heavy atom. The van der Waals surface area contributed by atoms with Gasteiger partial charge in [-0.3, -0.25) is 14.4 Å². The highest BCUT2D eigenvalue weighted by atomic mass is 35.5. The number of halogens is 2. The second kappa shape index (κ2) is 7.75. The molecule has 140 valence electrons. The molecular weight excluding hydrogens is 373 g/mol. The first-order valence-electron chi connectivity index (χ1n) is 8.23. The Labute approximate surface area is 160 Å². The van der Waals surface area contributed by atoms with E-state index in [2.05, 4.69) is 10.6 Å². The summed E-state index contributed by atoms with van der Waals surface area (Å²) in [5, 5.41) is 5.78. The highest BCUT2D eigenvalue weighted by molar-refractivity contribution is 6.30. The molecule has 0 spiro atoms. The Hall–Kier alpha value is -2.93. The Bertz CT molecular complexity index is 902. The largest absolute Gasteiger partial charge is 0.336 e. The molecule has 2 aromatic carbocycles. The molecule has 1 aliphatic heterocycles. The predicted octanol–water partition coefficient (Wildman–Crippen LogP) is 3.00. The number of hydrogen-bond acceptors (Lipinski definition) is 3. The topological polar surface area (TPSA) is 78.5 Å². The molecule has 6 nitrogen and oxygen atoms in total. The fourth-order valence-electron chi connectivity index (χ4n) is 2.95. The van der Waals surface area contributed by atoms with Crippen LogP contribution in [0.5, 0.6) is 0 Å². The molecule has 27 heavy (non-hydrogen) atoms. The van der Waals surface area contributed by atoms with E-state index in [9.17, 15) is 18.8 Å². The Kier molecular flexibility index (Phi) is 5.41. The van der Waals surface area contributed by atoms with Gasteiger partial charge >= 0.3 is 0 Å². The molecule has 0 saturated carbocycles. The number of nitrogens with one attached hydrogen (secondary N) is 2. The summed E-state index contributed by atoms with van der Waals surface area (Å²) in [6, 6.07) is 10.5. The van der Waals surface area contributed by atoms with Gasteiger partial charge in [-0.25, -0.2) is 4.39 Å². The zero-order valence-corrected chi connectivity index (χ0v) is 15.2. The number of carbonyl (C=O) groups is 3. The summed E-state index contributed by atoms with van der Waals surface area (Å²) >= 11 is 5.80. The zero-order valence-electron chi connectivity index (χ0n) is 14.5. The number of fused-ring (bicyclic) bond motifs is 1. The van der Waals surface area contributed by atoms with Crippen LogP contribution in [-0.4, -0.2) is 36.2 Å². The standard InChI is InChI=1S/C19H17ClFN3O3/c1-24(10-18(26)22-13-5-2-11(20)3-6-13)19(27)15-9-17(25)23-16-8-12(21)4-7-14(15)16/h2-8,15H,9-10H2,1H3,(H,22,26)(H,23,25). The van der Waals surface area contributed by atoms with Gasteiger partial charge in [-0.15, -0.1) is 0 Å². The number of anilines is 2. The molecule has 3 amide bonds. The summed E-state index contributed by atoms with van der Waals surface area (Å²) < 4.78 is 13.4. The summed E-state index contributed by atoms with van der Waals surface area (Å²) in [5.74, 6) is -2.40. The second-order valence-electron chi connectivity index (χ2n) is 6.29. The van der Waals surface area contributed by atoms with Crippen LogP contribution in [0.1, 0.15) is 17.9 Å². The van der Waals surface area contributed by atoms with E-state index in [1.54, 1.807) is 24.3 Å². The molecule has 0 fully saturated rings. The van der Waals surface area contributed by atoms with Gasteiger partial charge in [-0.05, 0) is 42.0 Å². The normalized spacial score (nSPS) is 15.5. The quantitative estimate of drug-likeness (QED) is 0.843. The number of benzene rings is 2. The van der Waals surface area contributed by atoms with Gasteiger partial charge in [0.15, 0.2) is 0 Å². The molecule has 2 N–H and O–H groups in total. The van der Waals surface area contributed by atoms with Crippen LogP contribution in [0.15, 0.2) is 42.5 Å². The molecule has 8 heteroatoms. The summed E-state index contributed by atoms with van der Waals surface area (Å²) in [6.07, 6.45) is -0.0550. The van der Waals surface area contributed by atoms with Gasteiger partial charge in [0.1, 0.15) is 5.82 Å². The summed E-state index contributed by atoms with van der Waals surface area (Å²) in [4.78, 5) is 38.1. The van der Waals surface area contributed by atoms with Crippen LogP contribution < -0.4 is 10.6 Å². The average molecular weight is 390 g/mol. The Morgan fingerprint density at radius 1 is 1.26 bits per heavy atom. The van der Waals surface area contributed by atoms with Crippen molar-refractivity contribution in [1.29, 1.82) is 0 Å². The number of likely N-dealkylation sites (N-methyl/N-ethyl adjacent to an activating group) is 1. The van der Waals surface area contributed by atoms with E-state index in [1.807, 2.05) is 0 Å². The van der Waals surface area contributed by atoms with Crippen LogP contribution in [-0.2, 0) is 14.4 Å². The maximum absolute atomic E-state index is 13.4. The number of carbonyl (C=O) groups excluding carboxylic acids is 3. The van der Waals surface area contributed by atoms with Gasteiger partial charge in [0, 0.05) is 29.9 Å². The van der Waals surface area contributed by atoms with E-state index >= 15 is 0 Å². The van der Waals surface area contributed by atoms with Crippen LogP contribution in [0.3, 0.4) is 0 Å². The smallest absolute Gasteiger partial charge is 0.243 e. The Balaban J connectivity index is 1.69. The van der Waals surface area contributed by atoms with Crippen LogP contribution in [0, 0.1) is 5.82 Å². The number of rotatable bonds is 4. The molecule has 0 aliphatic carbocycles. The minimum Gasteiger partial charge on any atom is -0.336 e. The molecule has 1 heterocycles. The lowest BCUT2D eigenvalue weighted by molar-refractivity contribution is -0.136. The van der Waals surface area contributed by atoms with Gasteiger partial charge in [-0.2, -0.15) is 0 Å². The van der Waals surface area contributed by atoms with Gasteiger partial charge in [-0.1, -0.05) is 17.7 Å². The van der Waals surface area contributed by atoms with E-state index in [1.165, 1.54) is 30.1 Å². The first-order chi connectivity index (χ1) is 12.8. The van der Waals surface area contributed by atoms with Crippen molar-refractivity contribution in [3.05, 3.63) is 58.9 Å². The third-order valence-corrected chi connectivity index (χ3v) is 4.49. The van der Waals surface area contributed by atoms with Crippen molar-refractivity contribution in [1.82, 2.24) is 4.90 Å². The van der Waals surface area contributed by atoms with Crippen LogP contribution >= 0.6 is 11.6 Å². The fraction of sp³-hybridized carbons (Fsp3) is 0.211. The van der Waals surface area contributed by atoms with Crippen molar-refractivity contribution in [2.75, 3.05) is 24.2 Å². The molecule has 0 radical (unpaired) electrons. The van der Waals surface area contributed by atoms with E-state index in [0.717, 1.165) is 0 Å². The monoisotopic (exact) mass is 389 g/mol. The summed E-state index contributed by atoms with van der Waals surface area (Å²) in [5.41, 5.74) is 1.37. The summed E-state index contributed by atoms with van der Waals surface area (Å²) in [7, 11) is 1.49. The molecule has 0 aromatic heterocycles. The van der Waals surface area contributed by atoms with Gasteiger partial charge in [0.25, 0.3) is 0 Å². The van der Waals surface area contributed by atoms with E-state index in [4.69, 9.17) is 11.6 Å². The van der Waals surface area contributed by atoms with Gasteiger partial charge in [0.2, 0.25) is 17.7 Å². The highest BCUT2D eigenvalue weighted by Gasteiger charge is 2.33. The predicted molar refractivity (Wildman–Crippen MR) is 100 cm³/mol. The number of amides is 3. The lowest BCUT2D eigenvalue weighted by atomic mass is 9.89. The van der Waals surface area contributed by atoms with Gasteiger partial charge in [0.05, 0.1) is 12.5 Å². The van der Waals surface area contributed by atoms with Crippen molar-refractivity contribution in [3.63, 3.8) is 0 Å². The number of hydrogen-bond donors (Lipinski definition) is 2. The molecule has 2 aromatic rings. The molecule has 1 atom stereocenters. The van der Waals surface area contributed by atoms with E-state index < -0.39 is 11.7 Å². The average Bonchev–Trinajstić information content (AvgIpc) is 2.61. The first-order valence-corrected chi connectivity index (χ1v) is 8.61. The third kappa shape index (κ3) is 4.43. The summed E-state index contributed by atoms with van der Waals surface area (Å²) in [6.45, 7) is -0.184. The van der Waals surface area contributed by atoms with Crippen LogP contribution in [0.4, 0.5) is 15.8 Å². The molecular formula is C19H17ClFN3O3.